The highest BCUT2D eigenvalue weighted by molar-refractivity contribution is 5.70. The van der Waals surface area contributed by atoms with E-state index in [1.807, 2.05) is 13.0 Å². The van der Waals surface area contributed by atoms with Gasteiger partial charge in [-0.25, -0.2) is 4.98 Å². The van der Waals surface area contributed by atoms with Gasteiger partial charge in [0.25, 0.3) is 0 Å². The van der Waals surface area contributed by atoms with Crippen molar-refractivity contribution in [3.8, 4) is 11.5 Å². The number of carbonyl (C=O) groups excluding carboxylic acids is 1. The van der Waals surface area contributed by atoms with Gasteiger partial charge in [-0.05, 0) is 68.1 Å². The lowest BCUT2D eigenvalue weighted by molar-refractivity contribution is -0.113. The highest BCUT2D eigenvalue weighted by atomic mass is 16.5. The van der Waals surface area contributed by atoms with Crippen LogP contribution in [0.1, 0.15) is 60.1 Å². The molecule has 214 valence electrons. The fraction of sp³-hybridized carbons (Fsp3) is 0.500. The van der Waals surface area contributed by atoms with Gasteiger partial charge in [0.2, 0.25) is 0 Å². The smallest absolute Gasteiger partial charge is 0.161 e. The first-order valence-corrected chi connectivity index (χ1v) is 14.5. The van der Waals surface area contributed by atoms with E-state index in [9.17, 15) is 4.79 Å². The number of carbonyl (C=O) groups is 1. The van der Waals surface area contributed by atoms with E-state index in [0.29, 0.717) is 11.5 Å². The molecule has 0 bridgehead atoms. The molecule has 1 saturated heterocycles. The summed E-state index contributed by atoms with van der Waals surface area (Å²) < 4.78 is 13.4. The van der Waals surface area contributed by atoms with E-state index in [-0.39, 0.29) is 12.1 Å². The number of methoxy groups -OCH3 is 2. The third-order valence-electron chi connectivity index (χ3n) is 8.66. The summed E-state index contributed by atoms with van der Waals surface area (Å²) in [4.78, 5) is 24.7. The number of ether oxygens (including phenoxy) is 2. The third-order valence-corrected chi connectivity index (χ3v) is 8.66. The molecule has 3 aromatic rings. The van der Waals surface area contributed by atoms with Crippen molar-refractivity contribution in [3.05, 3.63) is 70.8 Å². The molecule has 2 aliphatic rings. The van der Waals surface area contributed by atoms with Crippen LogP contribution in [0.3, 0.4) is 0 Å². The minimum atomic E-state index is -0.290. The maximum Gasteiger partial charge on any atom is 0.161 e. The van der Waals surface area contributed by atoms with Gasteiger partial charge in [-0.15, -0.1) is 0 Å². The summed E-state index contributed by atoms with van der Waals surface area (Å²) in [6.45, 7) is 13.2. The summed E-state index contributed by atoms with van der Waals surface area (Å²) in [6, 6.07) is 12.4. The first-order valence-electron chi connectivity index (χ1n) is 14.5. The van der Waals surface area contributed by atoms with Crippen LogP contribution in [-0.4, -0.2) is 72.6 Å². The predicted molar refractivity (Wildman–Crippen MR) is 158 cm³/mol. The number of piperazine rings is 1. The number of hydrogen-bond acceptors (Lipinski definition) is 7. The molecule has 2 aromatic carbocycles. The number of imidazole rings is 1. The van der Waals surface area contributed by atoms with E-state index in [2.05, 4.69) is 74.6 Å². The number of fused-ring (bicyclic) bond motifs is 1. The Bertz CT molecular complexity index is 1310. The largest absolute Gasteiger partial charge is 0.493 e. The molecule has 2 atom stereocenters. The van der Waals surface area contributed by atoms with Crippen molar-refractivity contribution in [2.45, 2.75) is 58.8 Å². The lowest BCUT2D eigenvalue weighted by Crippen LogP contribution is -2.46. The Morgan fingerprint density at radius 2 is 1.82 bits per heavy atom. The molecule has 0 saturated carbocycles. The summed E-state index contributed by atoms with van der Waals surface area (Å²) >= 11 is 0. The molecule has 0 spiro atoms. The maximum atomic E-state index is 12.7. The standard InChI is InChI=1S/C32H43N5O3/c1-6-34-15-17-35(18-16-34)29-10-7-9-26-27(29)21-37(30(26)22-38)28(11-8-14-36-20-23(2)33-24(36)3)25-12-13-31(39-4)32(19-25)40-5/h7,9-10,12-13,19-20,22,28,30H,6,8,11,14-18,21H2,1-5H3/t28-,30?/m1/s1. The van der Waals surface area contributed by atoms with Gasteiger partial charge in [-0.1, -0.05) is 25.1 Å². The lowest BCUT2D eigenvalue weighted by Gasteiger charge is -2.36. The Morgan fingerprint density at radius 3 is 2.48 bits per heavy atom. The highest BCUT2D eigenvalue weighted by Crippen LogP contribution is 2.45. The molecule has 1 unspecified atom stereocenters. The van der Waals surface area contributed by atoms with Crippen LogP contribution in [0.5, 0.6) is 11.5 Å². The molecule has 8 heteroatoms. The van der Waals surface area contributed by atoms with Gasteiger partial charge in [0.05, 0.1) is 26.0 Å². The number of benzene rings is 2. The van der Waals surface area contributed by atoms with Crippen molar-refractivity contribution in [3.63, 3.8) is 0 Å². The van der Waals surface area contributed by atoms with E-state index < -0.39 is 0 Å². The fourth-order valence-corrected chi connectivity index (χ4v) is 6.49. The number of nitrogens with zero attached hydrogens (tertiary/aromatic N) is 5. The molecule has 0 amide bonds. The number of likely N-dealkylation sites (N-methyl/N-ethyl adjacent to an activating group) is 1. The van der Waals surface area contributed by atoms with Gasteiger partial charge in [-0.3, -0.25) is 4.90 Å². The van der Waals surface area contributed by atoms with Crippen LogP contribution in [0.25, 0.3) is 0 Å². The van der Waals surface area contributed by atoms with E-state index in [0.717, 1.165) is 87.6 Å². The van der Waals surface area contributed by atoms with Crippen molar-refractivity contribution < 1.29 is 14.3 Å². The Hall–Kier alpha value is -3.36. The second kappa shape index (κ2) is 12.4. The van der Waals surface area contributed by atoms with Crippen molar-refractivity contribution in [1.82, 2.24) is 19.4 Å². The minimum absolute atomic E-state index is 0.0390. The van der Waals surface area contributed by atoms with E-state index in [1.54, 1.807) is 14.2 Å². The van der Waals surface area contributed by atoms with Crippen LogP contribution in [0.15, 0.2) is 42.6 Å². The van der Waals surface area contributed by atoms with Crippen LogP contribution in [-0.2, 0) is 17.9 Å². The average Bonchev–Trinajstić information content (AvgIpc) is 3.52. The zero-order valence-corrected chi connectivity index (χ0v) is 24.6. The molecule has 3 heterocycles. The summed E-state index contributed by atoms with van der Waals surface area (Å²) in [5.74, 6) is 2.45. The van der Waals surface area contributed by atoms with E-state index >= 15 is 0 Å². The van der Waals surface area contributed by atoms with Gasteiger partial charge in [0, 0.05) is 57.2 Å². The molecular formula is C32H43N5O3. The molecule has 5 rings (SSSR count). The monoisotopic (exact) mass is 545 g/mol. The number of aldehydes is 1. The van der Waals surface area contributed by atoms with Crippen LogP contribution in [0.4, 0.5) is 5.69 Å². The van der Waals surface area contributed by atoms with Crippen LogP contribution in [0.2, 0.25) is 0 Å². The second-order valence-electron chi connectivity index (χ2n) is 10.9. The molecule has 8 nitrogen and oxygen atoms in total. The SMILES string of the molecule is CCN1CCN(c2cccc3c2CN([C@H](CCCn2cc(C)nc2C)c2ccc(OC)c(OC)c2)C3C=O)CC1. The minimum Gasteiger partial charge on any atom is -0.493 e. The summed E-state index contributed by atoms with van der Waals surface area (Å²) in [6.07, 6.45) is 5.10. The lowest BCUT2D eigenvalue weighted by atomic mass is 9.98. The number of anilines is 1. The number of hydrogen-bond donors (Lipinski definition) is 0. The zero-order valence-electron chi connectivity index (χ0n) is 24.6. The summed E-state index contributed by atoms with van der Waals surface area (Å²) in [7, 11) is 3.33. The number of rotatable bonds is 11. The first kappa shape index (κ1) is 28.2. The Balaban J connectivity index is 1.45. The third kappa shape index (κ3) is 5.60. The Labute approximate surface area is 238 Å². The van der Waals surface area contributed by atoms with Gasteiger partial charge in [0.15, 0.2) is 11.5 Å². The van der Waals surface area contributed by atoms with Crippen molar-refractivity contribution in [2.75, 3.05) is 51.8 Å². The number of aromatic nitrogens is 2. The van der Waals surface area contributed by atoms with E-state index in [4.69, 9.17) is 9.47 Å². The highest BCUT2D eigenvalue weighted by Gasteiger charge is 2.37. The van der Waals surface area contributed by atoms with Crippen molar-refractivity contribution >= 4 is 12.0 Å². The topological polar surface area (TPSA) is 63.1 Å². The molecular weight excluding hydrogens is 502 g/mol. The normalized spacial score (nSPS) is 18.5. The average molecular weight is 546 g/mol. The van der Waals surface area contributed by atoms with E-state index in [1.165, 1.54) is 11.3 Å². The van der Waals surface area contributed by atoms with Crippen LogP contribution in [0, 0.1) is 13.8 Å². The van der Waals surface area contributed by atoms with Gasteiger partial charge >= 0.3 is 0 Å². The Kier molecular flexibility index (Phi) is 8.76. The van der Waals surface area contributed by atoms with Gasteiger partial charge < -0.3 is 28.6 Å². The van der Waals surface area contributed by atoms with Crippen molar-refractivity contribution in [2.24, 2.45) is 0 Å². The number of aryl methyl sites for hydroxylation is 3. The van der Waals surface area contributed by atoms with Crippen molar-refractivity contribution in [1.29, 1.82) is 0 Å². The van der Waals surface area contributed by atoms with Crippen LogP contribution >= 0.6 is 0 Å². The molecule has 40 heavy (non-hydrogen) atoms. The molecule has 2 aliphatic heterocycles. The summed E-state index contributed by atoms with van der Waals surface area (Å²) in [5.41, 5.74) is 5.87. The zero-order chi connectivity index (χ0) is 28.2. The fourth-order valence-electron chi connectivity index (χ4n) is 6.49. The maximum absolute atomic E-state index is 12.7. The van der Waals surface area contributed by atoms with Gasteiger partial charge in [-0.2, -0.15) is 0 Å². The Morgan fingerprint density at radius 1 is 1.05 bits per heavy atom. The molecule has 1 fully saturated rings. The van der Waals surface area contributed by atoms with Crippen LogP contribution < -0.4 is 14.4 Å². The second-order valence-corrected chi connectivity index (χ2v) is 10.9. The van der Waals surface area contributed by atoms with Gasteiger partial charge in [0.1, 0.15) is 12.1 Å². The predicted octanol–water partition coefficient (Wildman–Crippen LogP) is 4.94. The summed E-state index contributed by atoms with van der Waals surface area (Å²) in [5, 5.41) is 0. The molecule has 1 aromatic heterocycles. The molecule has 0 radical (unpaired) electrons. The quantitative estimate of drug-likeness (QED) is 0.317. The molecule has 0 aliphatic carbocycles. The molecule has 0 N–H and O–H groups in total. The first-order chi connectivity index (χ1) is 19.5.